The molecule has 1 fully saturated rings. The third-order valence-corrected chi connectivity index (χ3v) is 5.08. The van der Waals surface area contributed by atoms with Crippen LogP contribution in [0.1, 0.15) is 17.5 Å². The molecule has 1 aliphatic heterocycles. The van der Waals surface area contributed by atoms with Crippen LogP contribution in [0, 0.1) is 0 Å². The quantitative estimate of drug-likeness (QED) is 0.392. The van der Waals surface area contributed by atoms with Gasteiger partial charge in [0.05, 0.1) is 18.7 Å². The van der Waals surface area contributed by atoms with E-state index in [0.29, 0.717) is 11.3 Å². The molecule has 162 valence electrons. The van der Waals surface area contributed by atoms with Crippen molar-refractivity contribution in [1.29, 1.82) is 0 Å². The van der Waals surface area contributed by atoms with Crippen molar-refractivity contribution in [1.82, 2.24) is 0 Å². The Balaban J connectivity index is 1.43. The summed E-state index contributed by atoms with van der Waals surface area (Å²) in [5, 5.41) is 4.08. The fraction of sp³-hybridized carbons (Fsp3) is 0.250. The molecular weight excluding hydrogens is 442 g/mol. The lowest BCUT2D eigenvalue weighted by atomic mass is 9.85. The van der Waals surface area contributed by atoms with E-state index in [1.807, 2.05) is 0 Å². The summed E-state index contributed by atoms with van der Waals surface area (Å²) < 4.78 is 62.6. The van der Waals surface area contributed by atoms with Gasteiger partial charge in [0.25, 0.3) is 5.84 Å². The van der Waals surface area contributed by atoms with Crippen LogP contribution in [0.2, 0.25) is 5.02 Å². The molecule has 11 heteroatoms. The number of cyclic esters (lactones) is 1. The molecule has 1 unspecified atom stereocenters. The number of aliphatic imine (C=N–C) groups is 1. The molecule has 0 spiro atoms. The van der Waals surface area contributed by atoms with Crippen LogP contribution < -0.4 is 5.43 Å². The standard InChI is InChI=1S/C20H14ClF4N3O3/c21-14-7-6-13(8-12(14)10-30-15-9-19(22,23)20(15,24)25)27-28-16-18(29)31-17(26-16)11-4-2-1-3-5-11/h1-8,15,27H,9-10H2/b28-16+. The smallest absolute Gasteiger partial charge is 0.385 e. The van der Waals surface area contributed by atoms with Crippen molar-refractivity contribution in [2.75, 3.05) is 5.43 Å². The average molecular weight is 456 g/mol. The monoisotopic (exact) mass is 455 g/mol. The minimum atomic E-state index is -4.22. The van der Waals surface area contributed by atoms with Gasteiger partial charge in [0.15, 0.2) is 0 Å². The molecule has 1 heterocycles. The van der Waals surface area contributed by atoms with Crippen LogP contribution in [-0.4, -0.2) is 35.7 Å². The fourth-order valence-corrected chi connectivity index (χ4v) is 3.07. The van der Waals surface area contributed by atoms with Gasteiger partial charge in [0, 0.05) is 10.6 Å². The van der Waals surface area contributed by atoms with E-state index in [4.69, 9.17) is 21.1 Å². The largest absolute Gasteiger partial charge is 0.401 e. The summed E-state index contributed by atoms with van der Waals surface area (Å²) in [4.78, 5) is 16.0. The van der Waals surface area contributed by atoms with Crippen LogP contribution in [0.5, 0.6) is 0 Å². The zero-order valence-electron chi connectivity index (χ0n) is 15.6. The number of rotatable bonds is 6. The van der Waals surface area contributed by atoms with E-state index < -0.39 is 36.9 Å². The van der Waals surface area contributed by atoms with E-state index >= 15 is 0 Å². The summed E-state index contributed by atoms with van der Waals surface area (Å²) in [6.07, 6.45) is -2.96. The van der Waals surface area contributed by atoms with Crippen molar-refractivity contribution in [2.45, 2.75) is 31.0 Å². The Bertz CT molecular complexity index is 1080. The molecule has 1 atom stereocenters. The molecule has 4 rings (SSSR count). The molecule has 6 nitrogen and oxygen atoms in total. The zero-order valence-corrected chi connectivity index (χ0v) is 16.4. The van der Waals surface area contributed by atoms with E-state index in [-0.39, 0.29) is 22.3 Å². The highest BCUT2D eigenvalue weighted by molar-refractivity contribution is 6.43. The van der Waals surface area contributed by atoms with Crippen molar-refractivity contribution >= 4 is 35.0 Å². The van der Waals surface area contributed by atoms with Gasteiger partial charge in [-0.25, -0.2) is 4.79 Å². The molecule has 0 bridgehead atoms. The molecule has 0 saturated heterocycles. The van der Waals surface area contributed by atoms with E-state index in [9.17, 15) is 22.4 Å². The minimum Gasteiger partial charge on any atom is -0.401 e. The second kappa shape index (κ2) is 7.93. The number of hydrazone groups is 1. The third-order valence-electron chi connectivity index (χ3n) is 4.71. The third kappa shape index (κ3) is 4.13. The van der Waals surface area contributed by atoms with Crippen LogP contribution in [0.4, 0.5) is 23.2 Å². The van der Waals surface area contributed by atoms with Crippen LogP contribution in [0.15, 0.2) is 58.6 Å². The highest BCUT2D eigenvalue weighted by atomic mass is 35.5. The maximum Gasteiger partial charge on any atom is 0.385 e. The Labute approximate surface area is 178 Å². The number of anilines is 1. The molecule has 1 saturated carbocycles. The summed E-state index contributed by atoms with van der Waals surface area (Å²) in [5.74, 6) is -9.16. The molecular formula is C20H14ClF4N3O3. The number of amidine groups is 1. The van der Waals surface area contributed by atoms with Crippen LogP contribution in [0.25, 0.3) is 0 Å². The van der Waals surface area contributed by atoms with E-state index in [0.717, 1.165) is 0 Å². The molecule has 2 aromatic carbocycles. The lowest BCUT2D eigenvalue weighted by molar-refractivity contribution is -0.342. The van der Waals surface area contributed by atoms with Crippen LogP contribution in [-0.2, 0) is 20.9 Å². The first-order valence-corrected chi connectivity index (χ1v) is 9.41. The van der Waals surface area contributed by atoms with Crippen molar-refractivity contribution in [3.8, 4) is 0 Å². The summed E-state index contributed by atoms with van der Waals surface area (Å²) in [6, 6.07) is 13.2. The SMILES string of the molecule is O=C1OC(c2ccccc2)=N/C1=N/Nc1ccc(Cl)c(COC2CC(F)(F)C2(F)F)c1. The van der Waals surface area contributed by atoms with E-state index in [2.05, 4.69) is 15.5 Å². The van der Waals surface area contributed by atoms with Gasteiger partial charge in [0.2, 0.25) is 5.90 Å². The van der Waals surface area contributed by atoms with Crippen molar-refractivity contribution < 1.29 is 31.8 Å². The minimum absolute atomic E-state index is 0.106. The molecule has 0 aromatic heterocycles. The Kier molecular flexibility index (Phi) is 5.44. The Morgan fingerprint density at radius 3 is 2.61 bits per heavy atom. The Morgan fingerprint density at radius 2 is 1.94 bits per heavy atom. The second-order valence-corrected chi connectivity index (χ2v) is 7.26. The number of hydrogen-bond donors (Lipinski definition) is 1. The molecule has 2 aromatic rings. The molecule has 0 amide bonds. The number of hydrogen-bond acceptors (Lipinski definition) is 5. The molecule has 1 N–H and O–H groups in total. The zero-order chi connectivity index (χ0) is 22.2. The number of nitrogens with zero attached hydrogens (tertiary/aromatic N) is 2. The van der Waals surface area contributed by atoms with Gasteiger partial charge in [-0.3, -0.25) is 5.43 Å². The average Bonchev–Trinajstić information content (AvgIpc) is 3.12. The summed E-state index contributed by atoms with van der Waals surface area (Å²) in [7, 11) is 0. The van der Waals surface area contributed by atoms with Crippen molar-refractivity contribution in [3.05, 3.63) is 64.7 Å². The number of esters is 1. The summed E-state index contributed by atoms with van der Waals surface area (Å²) in [6.45, 7) is -0.403. The molecule has 1 aliphatic carbocycles. The van der Waals surface area contributed by atoms with E-state index in [1.54, 1.807) is 30.3 Å². The number of benzene rings is 2. The molecule has 31 heavy (non-hydrogen) atoms. The lowest BCUT2D eigenvalue weighted by Crippen LogP contribution is -2.63. The number of halogens is 5. The predicted molar refractivity (Wildman–Crippen MR) is 105 cm³/mol. The van der Waals surface area contributed by atoms with Crippen LogP contribution in [0.3, 0.4) is 0 Å². The number of nitrogens with one attached hydrogen (secondary N) is 1. The first-order valence-electron chi connectivity index (χ1n) is 9.03. The maximum atomic E-state index is 13.4. The number of carbonyl (C=O) groups is 1. The maximum absolute atomic E-state index is 13.4. The highest BCUT2D eigenvalue weighted by Gasteiger charge is 2.72. The predicted octanol–water partition coefficient (Wildman–Crippen LogP) is 4.63. The van der Waals surface area contributed by atoms with Gasteiger partial charge in [-0.2, -0.15) is 22.6 Å². The second-order valence-electron chi connectivity index (χ2n) is 6.86. The number of ether oxygens (including phenoxy) is 2. The first-order chi connectivity index (χ1) is 14.7. The van der Waals surface area contributed by atoms with Gasteiger partial charge in [-0.05, 0) is 35.9 Å². The number of carbonyl (C=O) groups excluding carboxylic acids is 1. The summed E-state index contributed by atoms with van der Waals surface area (Å²) in [5.41, 5.74) is 3.82. The molecule has 2 aliphatic rings. The van der Waals surface area contributed by atoms with E-state index in [1.165, 1.54) is 18.2 Å². The Hall–Kier alpha value is -2.98. The summed E-state index contributed by atoms with van der Waals surface area (Å²) >= 11 is 6.03. The van der Waals surface area contributed by atoms with Gasteiger partial charge in [-0.1, -0.05) is 29.8 Å². The normalized spacial score (nSPS) is 22.6. The first kappa shape index (κ1) is 21.3. The van der Waals surface area contributed by atoms with Crippen LogP contribution >= 0.6 is 11.6 Å². The fourth-order valence-electron chi connectivity index (χ4n) is 2.90. The molecule has 0 radical (unpaired) electrons. The Morgan fingerprint density at radius 1 is 1.19 bits per heavy atom. The van der Waals surface area contributed by atoms with Gasteiger partial charge < -0.3 is 9.47 Å². The number of alkyl halides is 4. The van der Waals surface area contributed by atoms with Crippen molar-refractivity contribution in [3.63, 3.8) is 0 Å². The van der Waals surface area contributed by atoms with Gasteiger partial charge in [0.1, 0.15) is 6.10 Å². The lowest BCUT2D eigenvalue weighted by Gasteiger charge is -2.43. The van der Waals surface area contributed by atoms with Crippen molar-refractivity contribution in [2.24, 2.45) is 10.1 Å². The van der Waals surface area contributed by atoms with Gasteiger partial charge in [-0.15, -0.1) is 5.10 Å². The van der Waals surface area contributed by atoms with Gasteiger partial charge >= 0.3 is 17.8 Å². The highest BCUT2D eigenvalue weighted by Crippen LogP contribution is 2.52. The topological polar surface area (TPSA) is 72.3 Å².